The molecule has 0 aromatic heterocycles. The second-order valence-electron chi connectivity index (χ2n) is 11.7. The predicted molar refractivity (Wildman–Crippen MR) is 116 cm³/mol. The van der Waals surface area contributed by atoms with Gasteiger partial charge in [-0.1, -0.05) is 20.4 Å². The van der Waals surface area contributed by atoms with Crippen molar-refractivity contribution in [3.05, 3.63) is 23.4 Å². The molecule has 160 valence electrons. The maximum Gasteiger partial charge on any atom is 0.224 e. The second kappa shape index (κ2) is 6.46. The lowest BCUT2D eigenvalue weighted by Gasteiger charge is -2.58. The zero-order chi connectivity index (χ0) is 21.4. The number of hydrogen-bond acceptors (Lipinski definition) is 3. The first-order chi connectivity index (χ1) is 13.4. The average molecular weight is 399 g/mol. The van der Waals surface area contributed by atoms with Crippen molar-refractivity contribution in [2.45, 2.75) is 85.1 Å². The van der Waals surface area contributed by atoms with Gasteiger partial charge in [-0.05, 0) is 99.0 Å². The highest BCUT2D eigenvalue weighted by atomic mass is 16.2. The van der Waals surface area contributed by atoms with E-state index in [1.54, 1.807) is 0 Å². The first kappa shape index (κ1) is 20.7. The molecule has 4 aliphatic rings. The Labute approximate surface area is 175 Å². The van der Waals surface area contributed by atoms with Crippen molar-refractivity contribution in [3.63, 3.8) is 0 Å². The second-order valence-corrected chi connectivity index (χ2v) is 11.7. The van der Waals surface area contributed by atoms with Gasteiger partial charge in [0.25, 0.3) is 0 Å². The van der Waals surface area contributed by atoms with Crippen LogP contribution in [0.2, 0.25) is 0 Å². The Kier molecular flexibility index (Phi) is 4.61. The van der Waals surface area contributed by atoms with Crippen LogP contribution in [0.25, 0.3) is 0 Å². The number of fused-ring (bicyclic) bond motifs is 5. The van der Waals surface area contributed by atoms with Crippen LogP contribution in [-0.4, -0.2) is 17.2 Å². The summed E-state index contributed by atoms with van der Waals surface area (Å²) in [6, 6.07) is 0. The summed E-state index contributed by atoms with van der Waals surface area (Å²) in [4.78, 5) is 25.4. The Morgan fingerprint density at radius 3 is 2.48 bits per heavy atom. The molecular formula is C25H38N2O2. The maximum atomic E-state index is 13.1. The molecule has 1 unspecified atom stereocenters. The molecule has 0 aromatic rings. The van der Waals surface area contributed by atoms with Crippen LogP contribution >= 0.6 is 0 Å². The number of Topliss-reactive ketones (excluding diaryl/α,β-unsaturated/α-hetero) is 1. The summed E-state index contributed by atoms with van der Waals surface area (Å²) < 4.78 is 0. The number of carbonyl (C=O) groups excluding carboxylic acids is 2. The Morgan fingerprint density at radius 2 is 1.83 bits per heavy atom. The lowest BCUT2D eigenvalue weighted by molar-refractivity contribution is -0.133. The maximum absolute atomic E-state index is 13.1. The number of allylic oxidation sites excluding steroid dienone is 2. The third-order valence-electron chi connectivity index (χ3n) is 8.92. The third-order valence-corrected chi connectivity index (χ3v) is 8.92. The minimum Gasteiger partial charge on any atom is -0.396 e. The van der Waals surface area contributed by atoms with E-state index < -0.39 is 0 Å². The molecule has 0 aromatic carbocycles. The van der Waals surface area contributed by atoms with Crippen molar-refractivity contribution in [1.29, 1.82) is 0 Å². The topological polar surface area (TPSA) is 72.2 Å². The van der Waals surface area contributed by atoms with Crippen molar-refractivity contribution in [2.75, 3.05) is 0 Å². The van der Waals surface area contributed by atoms with Crippen LogP contribution < -0.4 is 11.1 Å². The van der Waals surface area contributed by atoms with Gasteiger partial charge in [-0.25, -0.2) is 0 Å². The van der Waals surface area contributed by atoms with Crippen LogP contribution in [0, 0.1) is 34.5 Å². The van der Waals surface area contributed by atoms with E-state index >= 15 is 0 Å². The zero-order valence-corrected chi connectivity index (χ0v) is 18.9. The van der Waals surface area contributed by atoms with Crippen molar-refractivity contribution in [1.82, 2.24) is 5.32 Å². The molecule has 29 heavy (non-hydrogen) atoms. The molecule has 6 atom stereocenters. The fourth-order valence-electron chi connectivity index (χ4n) is 7.68. The van der Waals surface area contributed by atoms with Crippen LogP contribution in [0.4, 0.5) is 0 Å². The van der Waals surface area contributed by atoms with Crippen LogP contribution in [0.15, 0.2) is 23.4 Å². The molecule has 4 rings (SSSR count). The Morgan fingerprint density at radius 1 is 1.14 bits per heavy atom. The zero-order valence-electron chi connectivity index (χ0n) is 18.9. The van der Waals surface area contributed by atoms with Crippen molar-refractivity contribution in [3.8, 4) is 0 Å². The van der Waals surface area contributed by atoms with E-state index in [1.165, 1.54) is 0 Å². The van der Waals surface area contributed by atoms with E-state index in [0.717, 1.165) is 49.7 Å². The molecule has 3 N–H and O–H groups in total. The lowest BCUT2D eigenvalue weighted by atomic mass is 9.46. The van der Waals surface area contributed by atoms with Gasteiger partial charge < -0.3 is 11.1 Å². The van der Waals surface area contributed by atoms with E-state index in [-0.39, 0.29) is 34.0 Å². The van der Waals surface area contributed by atoms with Gasteiger partial charge in [0.05, 0.1) is 5.70 Å². The minimum absolute atomic E-state index is 0.0366. The number of nitrogens with one attached hydrogen (secondary N) is 1. The summed E-state index contributed by atoms with van der Waals surface area (Å²) in [5, 5.41) is 3.25. The highest BCUT2D eigenvalue weighted by Crippen LogP contribution is 2.67. The van der Waals surface area contributed by atoms with Gasteiger partial charge in [-0.2, -0.15) is 0 Å². The monoisotopic (exact) mass is 398 g/mol. The molecular weight excluding hydrogens is 360 g/mol. The van der Waals surface area contributed by atoms with E-state index in [2.05, 4.69) is 46.5 Å². The largest absolute Gasteiger partial charge is 0.396 e. The lowest BCUT2D eigenvalue weighted by Crippen LogP contribution is -2.54. The summed E-state index contributed by atoms with van der Waals surface area (Å²) in [6.45, 7) is 15.3. The molecule has 4 heteroatoms. The van der Waals surface area contributed by atoms with Crippen LogP contribution in [0.3, 0.4) is 0 Å². The normalized spacial score (nSPS) is 42.2. The molecule has 3 saturated carbocycles. The van der Waals surface area contributed by atoms with E-state index in [4.69, 9.17) is 5.73 Å². The third kappa shape index (κ3) is 3.00. The van der Waals surface area contributed by atoms with E-state index in [9.17, 15) is 9.59 Å². The number of amides is 1. The molecule has 0 bridgehead atoms. The Hall–Kier alpha value is -1.58. The fourth-order valence-corrected chi connectivity index (χ4v) is 7.68. The first-order valence-corrected chi connectivity index (χ1v) is 11.4. The van der Waals surface area contributed by atoms with Crippen LogP contribution in [0.5, 0.6) is 0 Å². The van der Waals surface area contributed by atoms with Gasteiger partial charge in [-0.3, -0.25) is 9.59 Å². The number of ketones is 1. The fraction of sp³-hybridized carbons (Fsp3) is 0.760. The minimum atomic E-state index is -0.193. The Bertz CT molecular complexity index is 804. The SMILES string of the molecule is C=C1C[C@@H]2[C@@H](CC[C@]3(C)C(C(=O)NC(C)(C)C)CC[C@@H]23)[C@@]2(C)CCC(=O)C(N)=C12. The predicted octanol–water partition coefficient (Wildman–Crippen LogP) is 4.50. The van der Waals surface area contributed by atoms with Crippen molar-refractivity contribution in [2.24, 2.45) is 40.2 Å². The molecule has 0 radical (unpaired) electrons. The van der Waals surface area contributed by atoms with Gasteiger partial charge in [-0.15, -0.1) is 0 Å². The highest BCUT2D eigenvalue weighted by Gasteiger charge is 2.61. The first-order valence-electron chi connectivity index (χ1n) is 11.4. The summed E-state index contributed by atoms with van der Waals surface area (Å²) in [5.41, 5.74) is 8.75. The molecule has 0 aliphatic heterocycles. The van der Waals surface area contributed by atoms with E-state index in [0.29, 0.717) is 29.9 Å². The van der Waals surface area contributed by atoms with Crippen LogP contribution in [-0.2, 0) is 9.59 Å². The molecule has 4 aliphatic carbocycles. The summed E-state index contributed by atoms with van der Waals surface area (Å²) >= 11 is 0. The summed E-state index contributed by atoms with van der Waals surface area (Å²) in [7, 11) is 0. The van der Waals surface area contributed by atoms with Gasteiger partial charge in [0.1, 0.15) is 0 Å². The molecule has 4 nitrogen and oxygen atoms in total. The number of carbonyl (C=O) groups is 2. The van der Waals surface area contributed by atoms with Gasteiger partial charge in [0.2, 0.25) is 5.91 Å². The molecule has 1 amide bonds. The average Bonchev–Trinajstić information content (AvgIpc) is 2.94. The smallest absolute Gasteiger partial charge is 0.224 e. The molecule has 0 spiro atoms. The van der Waals surface area contributed by atoms with Crippen molar-refractivity contribution < 1.29 is 9.59 Å². The Balaban J connectivity index is 1.65. The van der Waals surface area contributed by atoms with Crippen LogP contribution in [0.1, 0.15) is 79.6 Å². The number of nitrogens with two attached hydrogens (primary N) is 1. The number of rotatable bonds is 1. The summed E-state index contributed by atoms with van der Waals surface area (Å²) in [5.74, 6) is 2.06. The molecule has 0 saturated heterocycles. The van der Waals surface area contributed by atoms with E-state index in [1.807, 2.05) is 0 Å². The highest BCUT2D eigenvalue weighted by molar-refractivity contribution is 5.97. The molecule has 0 heterocycles. The molecule has 3 fully saturated rings. The van der Waals surface area contributed by atoms with Crippen molar-refractivity contribution >= 4 is 11.7 Å². The van der Waals surface area contributed by atoms with Gasteiger partial charge in [0.15, 0.2) is 5.78 Å². The van der Waals surface area contributed by atoms with Gasteiger partial charge in [0, 0.05) is 17.9 Å². The van der Waals surface area contributed by atoms with Gasteiger partial charge >= 0.3 is 0 Å². The number of hydrogen-bond donors (Lipinski definition) is 2. The summed E-state index contributed by atoms with van der Waals surface area (Å²) in [6.07, 6.45) is 6.68. The quantitative estimate of drug-likeness (QED) is 0.683. The standard InChI is InChI=1S/C25H38N2O2/c1-14-13-15-16-7-8-18(22(29)27-23(2,3)4)24(16,5)11-9-17(15)25(6)12-10-19(28)21(26)20(14)25/h15-18H,1,7-13,26H2,2-6H3,(H,27,29)/t15-,16-,17+,18?,24-,25+/m0/s1.